The Bertz CT molecular complexity index is 784. The van der Waals surface area contributed by atoms with Gasteiger partial charge in [-0.3, -0.25) is 4.79 Å². The lowest BCUT2D eigenvalue weighted by atomic mass is 10.2. The normalized spacial score (nSPS) is 10.6. The van der Waals surface area contributed by atoms with Crippen LogP contribution in [-0.4, -0.2) is 44.1 Å². The first-order valence-corrected chi connectivity index (χ1v) is 8.68. The molecule has 0 unspecified atom stereocenters. The topological polar surface area (TPSA) is 89.2 Å². The molecular weight excluding hydrogens is 471 g/mol. The van der Waals surface area contributed by atoms with E-state index in [2.05, 4.69) is 10.3 Å². The van der Waals surface area contributed by atoms with Crippen molar-refractivity contribution >= 4 is 41.5 Å². The fourth-order valence-electron chi connectivity index (χ4n) is 2.52. The van der Waals surface area contributed by atoms with Crippen LogP contribution in [0.2, 0.25) is 0 Å². The van der Waals surface area contributed by atoms with Gasteiger partial charge in [0.1, 0.15) is 18.0 Å². The summed E-state index contributed by atoms with van der Waals surface area (Å²) in [6, 6.07) is 15.1. The van der Waals surface area contributed by atoms with Crippen molar-refractivity contribution in [1.29, 1.82) is 0 Å². The van der Waals surface area contributed by atoms with E-state index in [0.29, 0.717) is 30.3 Å². The molecule has 0 aliphatic carbocycles. The number of hydrogen-bond donors (Lipinski definition) is 2. The minimum absolute atomic E-state index is 0. The Morgan fingerprint density at radius 2 is 1.86 bits per heavy atom. The number of hydrogen-bond acceptors (Lipinski definition) is 4. The van der Waals surface area contributed by atoms with Crippen molar-refractivity contribution in [3.05, 3.63) is 54.1 Å². The predicted molar refractivity (Wildman–Crippen MR) is 123 cm³/mol. The minimum Gasteiger partial charge on any atom is -0.497 e. The minimum atomic E-state index is -0.0938. The zero-order chi connectivity index (χ0) is 19.6. The first-order valence-electron chi connectivity index (χ1n) is 8.68. The number of amides is 1. The standard InChI is InChI=1S/C20H26N4O3.HI/c1-4-24(14-15-8-6-5-7-9-15)19(25)13-22-20(21)23-17-12-16(26-2)10-11-18(17)27-3;/h5-12H,4,13-14H2,1-3H3,(H3,21,22,23);1H. The summed E-state index contributed by atoms with van der Waals surface area (Å²) in [7, 11) is 3.14. The van der Waals surface area contributed by atoms with Gasteiger partial charge in [-0.15, -0.1) is 24.0 Å². The van der Waals surface area contributed by atoms with Crippen LogP contribution >= 0.6 is 24.0 Å². The van der Waals surface area contributed by atoms with Crippen LogP contribution in [0.3, 0.4) is 0 Å². The number of benzene rings is 2. The largest absolute Gasteiger partial charge is 0.497 e. The predicted octanol–water partition coefficient (Wildman–Crippen LogP) is 3.10. The highest BCUT2D eigenvalue weighted by Crippen LogP contribution is 2.28. The molecule has 0 atom stereocenters. The van der Waals surface area contributed by atoms with E-state index in [1.54, 1.807) is 37.3 Å². The van der Waals surface area contributed by atoms with Crippen molar-refractivity contribution in [2.45, 2.75) is 13.5 Å². The molecule has 152 valence electrons. The molecule has 2 rings (SSSR count). The van der Waals surface area contributed by atoms with E-state index < -0.39 is 0 Å². The molecule has 3 N–H and O–H groups in total. The lowest BCUT2D eigenvalue weighted by molar-refractivity contribution is -0.130. The van der Waals surface area contributed by atoms with Gasteiger partial charge in [-0.05, 0) is 24.6 Å². The third kappa shape index (κ3) is 6.91. The third-order valence-corrected chi connectivity index (χ3v) is 4.00. The number of likely N-dealkylation sites (N-methyl/N-ethyl adjacent to an activating group) is 1. The summed E-state index contributed by atoms with van der Waals surface area (Å²) < 4.78 is 10.5. The molecule has 0 bridgehead atoms. The molecule has 0 aliphatic rings. The van der Waals surface area contributed by atoms with Crippen LogP contribution in [0.25, 0.3) is 0 Å². The number of aliphatic imine (C=N–C) groups is 1. The fourth-order valence-corrected chi connectivity index (χ4v) is 2.52. The number of methoxy groups -OCH3 is 2. The van der Waals surface area contributed by atoms with Crippen LogP contribution in [0.1, 0.15) is 12.5 Å². The molecule has 0 fully saturated rings. The van der Waals surface area contributed by atoms with Gasteiger partial charge >= 0.3 is 0 Å². The third-order valence-electron chi connectivity index (χ3n) is 4.00. The lowest BCUT2D eigenvalue weighted by Crippen LogP contribution is -2.33. The van der Waals surface area contributed by atoms with Crippen LogP contribution < -0.4 is 20.5 Å². The first kappa shape index (κ1) is 23.5. The summed E-state index contributed by atoms with van der Waals surface area (Å²) in [6.45, 7) is 3.04. The number of guanidine groups is 1. The molecule has 8 heteroatoms. The molecule has 0 saturated carbocycles. The number of carbonyl (C=O) groups is 1. The van der Waals surface area contributed by atoms with E-state index in [1.807, 2.05) is 37.3 Å². The Morgan fingerprint density at radius 3 is 2.46 bits per heavy atom. The van der Waals surface area contributed by atoms with E-state index in [9.17, 15) is 4.79 Å². The second-order valence-electron chi connectivity index (χ2n) is 5.79. The number of ether oxygens (including phenoxy) is 2. The van der Waals surface area contributed by atoms with Gasteiger partial charge in [0.05, 0.1) is 19.9 Å². The average Bonchev–Trinajstić information content (AvgIpc) is 2.70. The number of nitrogens with two attached hydrogens (primary N) is 1. The zero-order valence-electron chi connectivity index (χ0n) is 16.3. The van der Waals surface area contributed by atoms with Crippen LogP contribution in [0.4, 0.5) is 5.69 Å². The number of carbonyl (C=O) groups excluding carboxylic acids is 1. The summed E-state index contributed by atoms with van der Waals surface area (Å²) in [6.07, 6.45) is 0. The van der Waals surface area contributed by atoms with E-state index in [0.717, 1.165) is 5.56 Å². The fraction of sp³-hybridized carbons (Fsp3) is 0.300. The summed E-state index contributed by atoms with van der Waals surface area (Å²) in [5, 5.41) is 2.95. The maximum atomic E-state index is 12.4. The zero-order valence-corrected chi connectivity index (χ0v) is 18.7. The van der Waals surface area contributed by atoms with E-state index in [-0.39, 0.29) is 42.4 Å². The SMILES string of the molecule is CCN(Cc1ccccc1)C(=O)CN=C(N)Nc1cc(OC)ccc1OC.I. The van der Waals surface area contributed by atoms with E-state index >= 15 is 0 Å². The van der Waals surface area contributed by atoms with Crippen molar-refractivity contribution in [3.63, 3.8) is 0 Å². The van der Waals surface area contributed by atoms with Gasteiger partial charge in [0.25, 0.3) is 0 Å². The molecule has 0 spiro atoms. The highest BCUT2D eigenvalue weighted by Gasteiger charge is 2.12. The number of nitrogens with zero attached hydrogens (tertiary/aromatic N) is 2. The molecule has 0 aromatic heterocycles. The Kier molecular flexibility index (Phi) is 10.1. The maximum absolute atomic E-state index is 12.4. The second-order valence-corrected chi connectivity index (χ2v) is 5.79. The molecule has 2 aromatic rings. The molecule has 28 heavy (non-hydrogen) atoms. The molecule has 1 amide bonds. The summed E-state index contributed by atoms with van der Waals surface area (Å²) >= 11 is 0. The highest BCUT2D eigenvalue weighted by molar-refractivity contribution is 14.0. The van der Waals surface area contributed by atoms with Gasteiger partial charge in [-0.2, -0.15) is 0 Å². The summed E-state index contributed by atoms with van der Waals surface area (Å²) in [5.41, 5.74) is 7.62. The van der Waals surface area contributed by atoms with Gasteiger partial charge < -0.3 is 25.4 Å². The molecule has 0 aliphatic heterocycles. The number of halogens is 1. The first-order chi connectivity index (χ1) is 13.1. The molecule has 0 radical (unpaired) electrons. The number of anilines is 1. The molecule has 0 heterocycles. The van der Waals surface area contributed by atoms with Crippen molar-refractivity contribution in [2.24, 2.45) is 10.7 Å². The molecular formula is C20H27IN4O3. The number of rotatable bonds is 8. The number of nitrogens with one attached hydrogen (secondary N) is 1. The van der Waals surface area contributed by atoms with Crippen LogP contribution in [0.5, 0.6) is 11.5 Å². The van der Waals surface area contributed by atoms with Gasteiger partial charge in [-0.25, -0.2) is 4.99 Å². The molecule has 0 saturated heterocycles. The van der Waals surface area contributed by atoms with Crippen molar-refractivity contribution < 1.29 is 14.3 Å². The van der Waals surface area contributed by atoms with Gasteiger partial charge in [0.15, 0.2) is 5.96 Å². The Morgan fingerprint density at radius 1 is 1.14 bits per heavy atom. The smallest absolute Gasteiger partial charge is 0.244 e. The van der Waals surface area contributed by atoms with Crippen molar-refractivity contribution in [1.82, 2.24) is 4.90 Å². The van der Waals surface area contributed by atoms with Crippen molar-refractivity contribution in [2.75, 3.05) is 32.6 Å². The maximum Gasteiger partial charge on any atom is 0.244 e. The second kappa shape index (κ2) is 12.1. The lowest BCUT2D eigenvalue weighted by Gasteiger charge is -2.20. The summed E-state index contributed by atoms with van der Waals surface area (Å²) in [5.74, 6) is 1.29. The van der Waals surface area contributed by atoms with Gasteiger partial charge in [0, 0.05) is 19.2 Å². The Labute approximate surface area is 182 Å². The van der Waals surface area contributed by atoms with Crippen LogP contribution in [-0.2, 0) is 11.3 Å². The average molecular weight is 498 g/mol. The highest BCUT2D eigenvalue weighted by atomic mass is 127. The van der Waals surface area contributed by atoms with Gasteiger partial charge in [-0.1, -0.05) is 30.3 Å². The Balaban J connectivity index is 0.00000392. The quantitative estimate of drug-likeness (QED) is 0.332. The van der Waals surface area contributed by atoms with Crippen LogP contribution in [0.15, 0.2) is 53.5 Å². The van der Waals surface area contributed by atoms with E-state index in [4.69, 9.17) is 15.2 Å². The molecule has 2 aromatic carbocycles. The Hall–Kier alpha value is -2.49. The van der Waals surface area contributed by atoms with Crippen molar-refractivity contribution in [3.8, 4) is 11.5 Å². The molecule has 7 nitrogen and oxygen atoms in total. The monoisotopic (exact) mass is 498 g/mol. The van der Waals surface area contributed by atoms with Crippen LogP contribution in [0, 0.1) is 0 Å². The van der Waals surface area contributed by atoms with E-state index in [1.165, 1.54) is 0 Å². The van der Waals surface area contributed by atoms with Gasteiger partial charge in [0.2, 0.25) is 5.91 Å². The summed E-state index contributed by atoms with van der Waals surface area (Å²) in [4.78, 5) is 18.3.